The Morgan fingerprint density at radius 2 is 1.92 bits per heavy atom. The highest BCUT2D eigenvalue weighted by atomic mass is 19.4. The van der Waals surface area contributed by atoms with Gasteiger partial charge in [0, 0.05) is 12.1 Å². The largest absolute Gasteiger partial charge is 0.416 e. The highest BCUT2D eigenvalue weighted by Gasteiger charge is 2.30. The predicted octanol–water partition coefficient (Wildman–Crippen LogP) is 3.68. The van der Waals surface area contributed by atoms with Crippen LogP contribution in [0.2, 0.25) is 0 Å². The maximum atomic E-state index is 12.8. The summed E-state index contributed by atoms with van der Waals surface area (Å²) in [6, 6.07) is 8.37. The van der Waals surface area contributed by atoms with Crippen molar-refractivity contribution in [3.8, 4) is 0 Å². The molecule has 0 aliphatic heterocycles. The van der Waals surface area contributed by atoms with Gasteiger partial charge >= 0.3 is 6.18 Å². The van der Waals surface area contributed by atoms with Crippen LogP contribution in [0, 0.1) is 17.0 Å². The van der Waals surface area contributed by atoms with Gasteiger partial charge in [-0.15, -0.1) is 0 Å². The van der Waals surface area contributed by atoms with Crippen molar-refractivity contribution in [2.75, 3.05) is 0 Å². The minimum absolute atomic E-state index is 0.0387. The van der Waals surface area contributed by atoms with Gasteiger partial charge in [-0.3, -0.25) is 19.5 Å². The Hall–Kier alpha value is -3.23. The Bertz CT molecular complexity index is 1070. The number of fused-ring (bicyclic) bond motifs is 1. The summed E-state index contributed by atoms with van der Waals surface area (Å²) in [7, 11) is 0. The number of hydrogen-bond donors (Lipinski definition) is 0. The SMILES string of the molecule is Cc1nc2ccc([N+](=O)[O-])cc2c(=O)n1Cc1cccc(C(F)(F)F)c1. The Labute approximate surface area is 144 Å². The van der Waals surface area contributed by atoms with E-state index in [1.54, 1.807) is 6.92 Å². The van der Waals surface area contributed by atoms with Crippen LogP contribution in [0.5, 0.6) is 0 Å². The number of benzene rings is 2. The number of nitro benzene ring substituents is 1. The molecule has 0 radical (unpaired) electrons. The molecule has 0 spiro atoms. The molecule has 1 heterocycles. The van der Waals surface area contributed by atoms with Crippen molar-refractivity contribution in [3.63, 3.8) is 0 Å². The van der Waals surface area contributed by atoms with Crippen LogP contribution in [0.4, 0.5) is 18.9 Å². The number of non-ortho nitro benzene ring substituents is 1. The van der Waals surface area contributed by atoms with Crippen LogP contribution in [0.1, 0.15) is 17.0 Å². The van der Waals surface area contributed by atoms with E-state index >= 15 is 0 Å². The Morgan fingerprint density at radius 1 is 1.19 bits per heavy atom. The number of nitrogens with zero attached hydrogens (tertiary/aromatic N) is 3. The van der Waals surface area contributed by atoms with E-state index in [0.717, 1.165) is 18.2 Å². The number of nitro groups is 1. The molecule has 6 nitrogen and oxygen atoms in total. The van der Waals surface area contributed by atoms with Gasteiger partial charge in [0.2, 0.25) is 0 Å². The maximum Gasteiger partial charge on any atom is 0.416 e. The molecule has 0 saturated carbocycles. The standard InChI is InChI=1S/C17H12F3N3O3/c1-10-21-15-6-5-13(23(25)26)8-14(15)16(24)22(10)9-11-3-2-4-12(7-11)17(18,19)20/h2-8H,9H2,1H3. The molecule has 9 heteroatoms. The van der Waals surface area contributed by atoms with Crippen LogP contribution >= 0.6 is 0 Å². The fourth-order valence-electron chi connectivity index (χ4n) is 2.65. The van der Waals surface area contributed by atoms with Crippen molar-refractivity contribution in [1.29, 1.82) is 0 Å². The summed E-state index contributed by atoms with van der Waals surface area (Å²) in [5.74, 6) is 0.300. The summed E-state index contributed by atoms with van der Waals surface area (Å²) < 4.78 is 39.7. The molecular formula is C17H12F3N3O3. The maximum absolute atomic E-state index is 12.8. The zero-order valence-corrected chi connectivity index (χ0v) is 13.4. The van der Waals surface area contributed by atoms with E-state index < -0.39 is 22.2 Å². The summed E-state index contributed by atoms with van der Waals surface area (Å²) in [5.41, 5.74) is -1.06. The van der Waals surface area contributed by atoms with Gasteiger partial charge < -0.3 is 0 Å². The number of rotatable bonds is 3. The zero-order chi connectivity index (χ0) is 19.1. The lowest BCUT2D eigenvalue weighted by Crippen LogP contribution is -2.24. The fraction of sp³-hybridized carbons (Fsp3) is 0.176. The van der Waals surface area contributed by atoms with Crippen LogP contribution in [0.3, 0.4) is 0 Å². The second-order valence-electron chi connectivity index (χ2n) is 5.71. The average molecular weight is 363 g/mol. The summed E-state index contributed by atoms with van der Waals surface area (Å²) >= 11 is 0. The van der Waals surface area contributed by atoms with E-state index in [0.29, 0.717) is 11.3 Å². The molecule has 0 N–H and O–H groups in total. The average Bonchev–Trinajstić information content (AvgIpc) is 2.58. The molecule has 1 aromatic heterocycles. The third-order valence-electron chi connectivity index (χ3n) is 3.93. The first kappa shape index (κ1) is 17.6. The Balaban J connectivity index is 2.11. The van der Waals surface area contributed by atoms with Gasteiger partial charge in [0.05, 0.1) is 27.9 Å². The van der Waals surface area contributed by atoms with E-state index in [2.05, 4.69) is 4.98 Å². The van der Waals surface area contributed by atoms with Crippen molar-refractivity contribution in [1.82, 2.24) is 9.55 Å². The molecule has 3 rings (SSSR count). The van der Waals surface area contributed by atoms with Gasteiger partial charge in [-0.25, -0.2) is 4.98 Å². The lowest BCUT2D eigenvalue weighted by molar-refractivity contribution is -0.384. The van der Waals surface area contributed by atoms with Gasteiger partial charge in [-0.1, -0.05) is 12.1 Å². The van der Waals surface area contributed by atoms with E-state index in [1.807, 2.05) is 0 Å². The molecule has 0 aliphatic rings. The van der Waals surface area contributed by atoms with E-state index in [-0.39, 0.29) is 23.2 Å². The quantitative estimate of drug-likeness (QED) is 0.525. The second-order valence-corrected chi connectivity index (χ2v) is 5.71. The third-order valence-corrected chi connectivity index (χ3v) is 3.93. The molecule has 0 fully saturated rings. The molecule has 3 aromatic rings. The Morgan fingerprint density at radius 3 is 2.58 bits per heavy atom. The van der Waals surface area contributed by atoms with Crippen LogP contribution in [0.25, 0.3) is 10.9 Å². The van der Waals surface area contributed by atoms with Crippen molar-refractivity contribution in [3.05, 3.63) is 79.9 Å². The van der Waals surface area contributed by atoms with E-state index in [9.17, 15) is 28.1 Å². The molecule has 0 unspecified atom stereocenters. The molecule has 0 saturated heterocycles. The topological polar surface area (TPSA) is 78.0 Å². The minimum atomic E-state index is -4.49. The number of hydrogen-bond acceptors (Lipinski definition) is 4. The van der Waals surface area contributed by atoms with Crippen LogP contribution in [0.15, 0.2) is 47.3 Å². The summed E-state index contributed by atoms with van der Waals surface area (Å²) in [5, 5.41) is 10.9. The molecule has 0 amide bonds. The van der Waals surface area contributed by atoms with Gasteiger partial charge in [0.25, 0.3) is 11.2 Å². The first-order valence-electron chi connectivity index (χ1n) is 7.48. The fourth-order valence-corrected chi connectivity index (χ4v) is 2.65. The Kier molecular flexibility index (Phi) is 4.23. The third kappa shape index (κ3) is 3.28. The smallest absolute Gasteiger partial charge is 0.292 e. The molecule has 0 aliphatic carbocycles. The van der Waals surface area contributed by atoms with Crippen molar-refractivity contribution in [2.24, 2.45) is 0 Å². The minimum Gasteiger partial charge on any atom is -0.292 e. The predicted molar refractivity (Wildman–Crippen MR) is 87.9 cm³/mol. The number of aryl methyl sites for hydroxylation is 1. The van der Waals surface area contributed by atoms with Crippen molar-refractivity contribution < 1.29 is 18.1 Å². The normalized spacial score (nSPS) is 11.7. The van der Waals surface area contributed by atoms with Crippen LogP contribution in [-0.2, 0) is 12.7 Å². The lowest BCUT2D eigenvalue weighted by Gasteiger charge is -2.12. The first-order chi connectivity index (χ1) is 12.2. The molecule has 26 heavy (non-hydrogen) atoms. The van der Waals surface area contributed by atoms with Gasteiger partial charge in [-0.2, -0.15) is 13.2 Å². The monoisotopic (exact) mass is 363 g/mol. The molecule has 2 aromatic carbocycles. The highest BCUT2D eigenvalue weighted by molar-refractivity contribution is 5.80. The second kappa shape index (κ2) is 6.25. The first-order valence-corrected chi connectivity index (χ1v) is 7.48. The van der Waals surface area contributed by atoms with E-state index in [1.165, 1.54) is 28.8 Å². The van der Waals surface area contributed by atoms with Gasteiger partial charge in [0.1, 0.15) is 5.82 Å². The number of aromatic nitrogens is 2. The highest BCUT2D eigenvalue weighted by Crippen LogP contribution is 2.29. The van der Waals surface area contributed by atoms with Gasteiger partial charge in [0.15, 0.2) is 0 Å². The van der Waals surface area contributed by atoms with Crippen molar-refractivity contribution >= 4 is 16.6 Å². The zero-order valence-electron chi connectivity index (χ0n) is 13.4. The summed E-state index contributed by atoms with van der Waals surface area (Å²) in [4.78, 5) is 27.2. The van der Waals surface area contributed by atoms with Gasteiger partial charge in [-0.05, 0) is 30.7 Å². The van der Waals surface area contributed by atoms with Crippen LogP contribution < -0.4 is 5.56 Å². The number of alkyl halides is 3. The lowest BCUT2D eigenvalue weighted by atomic mass is 10.1. The summed E-state index contributed by atoms with van der Waals surface area (Å²) in [6.07, 6.45) is -4.49. The molecule has 0 bridgehead atoms. The summed E-state index contributed by atoms with van der Waals surface area (Å²) in [6.45, 7) is 1.43. The van der Waals surface area contributed by atoms with E-state index in [4.69, 9.17) is 0 Å². The van der Waals surface area contributed by atoms with Crippen molar-refractivity contribution in [2.45, 2.75) is 19.6 Å². The molecule has 0 atom stereocenters. The van der Waals surface area contributed by atoms with Crippen LogP contribution in [-0.4, -0.2) is 14.5 Å². The molecule has 134 valence electrons. The number of halogens is 3. The molecular weight excluding hydrogens is 351 g/mol.